The number of ether oxygens (including phenoxy) is 1. The third-order valence-electron chi connectivity index (χ3n) is 5.74. The minimum absolute atomic E-state index is 0.103. The Hall–Kier alpha value is -3.35. The molecule has 1 fully saturated rings. The van der Waals surface area contributed by atoms with E-state index in [0.29, 0.717) is 50.1 Å². The van der Waals surface area contributed by atoms with Crippen LogP contribution in [0.4, 0.5) is 4.39 Å². The van der Waals surface area contributed by atoms with Crippen molar-refractivity contribution in [1.82, 2.24) is 14.8 Å². The first kappa shape index (κ1) is 20.9. The maximum absolute atomic E-state index is 13.4. The number of fused-ring (bicyclic) bond motifs is 1. The van der Waals surface area contributed by atoms with Gasteiger partial charge in [0.1, 0.15) is 17.3 Å². The lowest BCUT2D eigenvalue weighted by molar-refractivity contribution is -0.131. The van der Waals surface area contributed by atoms with Crippen molar-refractivity contribution in [3.8, 4) is 5.75 Å². The van der Waals surface area contributed by atoms with Crippen LogP contribution in [0.2, 0.25) is 0 Å². The summed E-state index contributed by atoms with van der Waals surface area (Å²) in [5.41, 5.74) is 2.27. The summed E-state index contributed by atoms with van der Waals surface area (Å²) in [5.74, 6) is 0.451. The average molecular weight is 423 g/mol. The number of methoxy groups -OCH3 is 1. The van der Waals surface area contributed by atoms with Crippen LogP contribution >= 0.6 is 0 Å². The van der Waals surface area contributed by atoms with Crippen LogP contribution in [0, 0.1) is 5.82 Å². The zero-order valence-electron chi connectivity index (χ0n) is 17.6. The fourth-order valence-electron chi connectivity index (χ4n) is 3.96. The molecule has 0 aliphatic carbocycles. The molecule has 2 aromatic carbocycles. The number of hydrogen-bond acceptors (Lipinski definition) is 3. The van der Waals surface area contributed by atoms with Crippen LogP contribution in [0.25, 0.3) is 10.9 Å². The Bertz CT molecular complexity index is 1080. The molecule has 2 heterocycles. The molecule has 162 valence electrons. The van der Waals surface area contributed by atoms with E-state index >= 15 is 0 Å². The number of nitrogens with zero attached hydrogens (tertiary/aromatic N) is 2. The number of carbonyl (C=O) groups excluding carboxylic acids is 2. The van der Waals surface area contributed by atoms with Crippen LogP contribution < -0.4 is 4.74 Å². The number of H-pyrrole nitrogens is 1. The number of aryl methyl sites for hydroxylation is 1. The second kappa shape index (κ2) is 9.20. The van der Waals surface area contributed by atoms with Crippen molar-refractivity contribution in [2.24, 2.45) is 0 Å². The molecule has 0 bridgehead atoms. The van der Waals surface area contributed by atoms with Crippen molar-refractivity contribution in [1.29, 1.82) is 0 Å². The maximum atomic E-state index is 13.4. The van der Waals surface area contributed by atoms with E-state index in [2.05, 4.69) is 4.98 Å². The Balaban J connectivity index is 1.33. The SMILES string of the molecule is COc1ccc(CCC(=O)N2CCCN(C(=O)c3cc4cc(F)ccc4[nH]3)CC2)cc1. The highest BCUT2D eigenvalue weighted by atomic mass is 19.1. The molecule has 0 saturated carbocycles. The number of rotatable bonds is 5. The number of aromatic amines is 1. The lowest BCUT2D eigenvalue weighted by Gasteiger charge is -2.22. The summed E-state index contributed by atoms with van der Waals surface area (Å²) < 4.78 is 18.6. The van der Waals surface area contributed by atoms with E-state index in [4.69, 9.17) is 4.74 Å². The van der Waals surface area contributed by atoms with Gasteiger partial charge in [-0.3, -0.25) is 9.59 Å². The van der Waals surface area contributed by atoms with E-state index in [-0.39, 0.29) is 17.6 Å². The monoisotopic (exact) mass is 423 g/mol. The molecule has 1 aliphatic heterocycles. The smallest absolute Gasteiger partial charge is 0.270 e. The third kappa shape index (κ3) is 4.87. The largest absolute Gasteiger partial charge is 0.497 e. The van der Waals surface area contributed by atoms with Crippen LogP contribution in [0.1, 0.15) is 28.9 Å². The van der Waals surface area contributed by atoms with E-state index in [1.807, 2.05) is 29.2 Å². The predicted molar refractivity (Wildman–Crippen MR) is 117 cm³/mol. The molecule has 2 amide bonds. The van der Waals surface area contributed by atoms with Gasteiger partial charge in [-0.05, 0) is 54.8 Å². The first-order valence-electron chi connectivity index (χ1n) is 10.5. The quantitative estimate of drug-likeness (QED) is 0.682. The molecule has 4 rings (SSSR count). The first-order chi connectivity index (χ1) is 15.0. The Kier molecular flexibility index (Phi) is 6.21. The van der Waals surface area contributed by atoms with Crippen molar-refractivity contribution in [2.75, 3.05) is 33.3 Å². The summed E-state index contributed by atoms with van der Waals surface area (Å²) in [6.45, 7) is 2.23. The summed E-state index contributed by atoms with van der Waals surface area (Å²) in [4.78, 5) is 32.3. The van der Waals surface area contributed by atoms with Gasteiger partial charge >= 0.3 is 0 Å². The fraction of sp³-hybridized carbons (Fsp3) is 0.333. The van der Waals surface area contributed by atoms with Crippen LogP contribution in [-0.2, 0) is 11.2 Å². The van der Waals surface area contributed by atoms with Gasteiger partial charge < -0.3 is 19.5 Å². The lowest BCUT2D eigenvalue weighted by atomic mass is 10.1. The number of hydrogen-bond donors (Lipinski definition) is 1. The highest BCUT2D eigenvalue weighted by molar-refractivity contribution is 5.98. The second-order valence-corrected chi connectivity index (χ2v) is 7.79. The van der Waals surface area contributed by atoms with Gasteiger partial charge in [-0.25, -0.2) is 4.39 Å². The molecule has 0 radical (unpaired) electrons. The topological polar surface area (TPSA) is 65.6 Å². The van der Waals surface area contributed by atoms with Gasteiger partial charge in [0.05, 0.1) is 7.11 Å². The van der Waals surface area contributed by atoms with E-state index in [1.54, 1.807) is 24.1 Å². The zero-order valence-corrected chi connectivity index (χ0v) is 17.6. The highest BCUT2D eigenvalue weighted by Gasteiger charge is 2.23. The summed E-state index contributed by atoms with van der Waals surface area (Å²) >= 11 is 0. The van der Waals surface area contributed by atoms with Crippen molar-refractivity contribution in [2.45, 2.75) is 19.3 Å². The van der Waals surface area contributed by atoms with E-state index in [1.165, 1.54) is 12.1 Å². The van der Waals surface area contributed by atoms with Crippen molar-refractivity contribution >= 4 is 22.7 Å². The molecule has 1 aliphatic rings. The van der Waals surface area contributed by atoms with Gasteiger partial charge in [-0.15, -0.1) is 0 Å². The third-order valence-corrected chi connectivity index (χ3v) is 5.74. The van der Waals surface area contributed by atoms with Gasteiger partial charge in [0.15, 0.2) is 0 Å². The predicted octanol–water partition coefficient (Wildman–Crippen LogP) is 3.62. The van der Waals surface area contributed by atoms with Crippen LogP contribution in [0.5, 0.6) is 5.75 Å². The Morgan fingerprint density at radius 1 is 1.00 bits per heavy atom. The fourth-order valence-corrected chi connectivity index (χ4v) is 3.96. The lowest BCUT2D eigenvalue weighted by Crippen LogP contribution is -2.37. The summed E-state index contributed by atoms with van der Waals surface area (Å²) in [7, 11) is 1.63. The molecule has 1 N–H and O–H groups in total. The van der Waals surface area contributed by atoms with Crippen LogP contribution in [0.15, 0.2) is 48.5 Å². The Morgan fingerprint density at radius 2 is 1.74 bits per heavy atom. The number of aromatic nitrogens is 1. The zero-order chi connectivity index (χ0) is 21.8. The van der Waals surface area contributed by atoms with Crippen LogP contribution in [0.3, 0.4) is 0 Å². The minimum Gasteiger partial charge on any atom is -0.497 e. The minimum atomic E-state index is -0.330. The van der Waals surface area contributed by atoms with Gasteiger partial charge in [0, 0.05) is 43.5 Å². The number of amides is 2. The van der Waals surface area contributed by atoms with Gasteiger partial charge in [-0.1, -0.05) is 12.1 Å². The Labute approximate surface area is 180 Å². The number of benzene rings is 2. The van der Waals surface area contributed by atoms with E-state index in [9.17, 15) is 14.0 Å². The molecule has 0 spiro atoms. The van der Waals surface area contributed by atoms with Crippen LogP contribution in [-0.4, -0.2) is 59.9 Å². The average Bonchev–Trinajstić information content (AvgIpc) is 3.04. The van der Waals surface area contributed by atoms with Gasteiger partial charge in [0.2, 0.25) is 5.91 Å². The molecule has 0 atom stereocenters. The molecule has 7 heteroatoms. The van der Waals surface area contributed by atoms with Gasteiger partial charge in [0.25, 0.3) is 5.91 Å². The highest BCUT2D eigenvalue weighted by Crippen LogP contribution is 2.19. The summed E-state index contributed by atoms with van der Waals surface area (Å²) in [5, 5.41) is 0.675. The number of halogens is 1. The molecule has 1 aromatic heterocycles. The molecule has 0 unspecified atom stereocenters. The number of nitrogens with one attached hydrogen (secondary N) is 1. The molecule has 6 nitrogen and oxygen atoms in total. The molecule has 3 aromatic rings. The maximum Gasteiger partial charge on any atom is 0.270 e. The van der Waals surface area contributed by atoms with Crippen molar-refractivity contribution in [3.05, 3.63) is 65.6 Å². The Morgan fingerprint density at radius 3 is 2.52 bits per heavy atom. The van der Waals surface area contributed by atoms with Gasteiger partial charge in [-0.2, -0.15) is 0 Å². The second-order valence-electron chi connectivity index (χ2n) is 7.79. The van der Waals surface area contributed by atoms with Crippen molar-refractivity contribution in [3.63, 3.8) is 0 Å². The number of carbonyl (C=O) groups is 2. The first-order valence-corrected chi connectivity index (χ1v) is 10.5. The van der Waals surface area contributed by atoms with E-state index < -0.39 is 0 Å². The normalized spacial score (nSPS) is 14.5. The molecule has 1 saturated heterocycles. The molecule has 31 heavy (non-hydrogen) atoms. The molecular weight excluding hydrogens is 397 g/mol. The summed E-state index contributed by atoms with van der Waals surface area (Å²) in [6, 6.07) is 13.8. The molecular formula is C24H26FN3O3. The summed E-state index contributed by atoms with van der Waals surface area (Å²) in [6.07, 6.45) is 1.84. The van der Waals surface area contributed by atoms with Crippen molar-refractivity contribution < 1.29 is 18.7 Å². The standard InChI is InChI=1S/C24H26FN3O3/c1-31-20-7-3-17(4-8-20)5-10-23(29)27-11-2-12-28(14-13-27)24(30)22-16-18-15-19(25)6-9-21(18)26-22/h3-4,6-9,15-16,26H,2,5,10-14H2,1H3. The van der Waals surface area contributed by atoms with E-state index in [0.717, 1.165) is 23.3 Å².